The Morgan fingerprint density at radius 1 is 0.955 bits per heavy atom. The second kappa shape index (κ2) is 8.57. The van der Waals surface area contributed by atoms with E-state index < -0.39 is 11.9 Å². The van der Waals surface area contributed by atoms with E-state index in [1.807, 2.05) is 36.4 Å². The van der Waals surface area contributed by atoms with Gasteiger partial charge in [-0.3, -0.25) is 4.79 Å². The maximum absolute atomic E-state index is 11.3. The first kappa shape index (κ1) is 16.5. The smallest absolute Gasteiger partial charge is 0.307 e. The lowest BCUT2D eigenvalue weighted by atomic mass is 9.85. The summed E-state index contributed by atoms with van der Waals surface area (Å²) in [4.78, 5) is 13.7. The molecular weight excluding hydrogens is 298 g/mol. The molecule has 2 aromatic carbocycles. The minimum Gasteiger partial charge on any atom is -0.481 e. The molecule has 116 valence electrons. The Balaban J connectivity index is 2.17. The van der Waals surface area contributed by atoms with Crippen LogP contribution in [-0.2, 0) is 4.79 Å². The fraction of sp³-hybridized carbons (Fsp3) is 0.278. The van der Waals surface area contributed by atoms with Crippen LogP contribution < -0.4 is 4.84 Å². The van der Waals surface area contributed by atoms with Crippen molar-refractivity contribution in [3.63, 3.8) is 0 Å². The highest BCUT2D eigenvalue weighted by atomic mass is 35.5. The number of benzene rings is 2. The van der Waals surface area contributed by atoms with Gasteiger partial charge in [0.25, 0.3) is 0 Å². The SMILES string of the molecule is O=C(O)C(CCC(c1ccccc1)c1ccccc1)CNCl. The maximum atomic E-state index is 11.3. The van der Waals surface area contributed by atoms with Gasteiger partial charge < -0.3 is 5.11 Å². The molecular formula is C18H20ClNO2. The zero-order valence-electron chi connectivity index (χ0n) is 12.3. The predicted octanol–water partition coefficient (Wildman–Crippen LogP) is 4.04. The summed E-state index contributed by atoms with van der Waals surface area (Å²) in [5.41, 5.74) is 2.41. The monoisotopic (exact) mass is 317 g/mol. The Labute approximate surface area is 136 Å². The minimum absolute atomic E-state index is 0.194. The molecule has 2 N–H and O–H groups in total. The molecule has 2 rings (SSSR count). The first-order valence-electron chi connectivity index (χ1n) is 7.38. The molecule has 0 fully saturated rings. The molecule has 3 nitrogen and oxygen atoms in total. The van der Waals surface area contributed by atoms with E-state index in [1.165, 1.54) is 11.1 Å². The van der Waals surface area contributed by atoms with Gasteiger partial charge in [-0.15, -0.1) is 0 Å². The van der Waals surface area contributed by atoms with Gasteiger partial charge in [-0.05, 0) is 35.7 Å². The largest absolute Gasteiger partial charge is 0.481 e. The van der Waals surface area contributed by atoms with Crippen LogP contribution in [0.15, 0.2) is 60.7 Å². The number of halogens is 1. The van der Waals surface area contributed by atoms with Gasteiger partial charge in [-0.1, -0.05) is 60.7 Å². The van der Waals surface area contributed by atoms with E-state index in [9.17, 15) is 9.90 Å². The van der Waals surface area contributed by atoms with Crippen LogP contribution in [0.3, 0.4) is 0 Å². The fourth-order valence-electron chi connectivity index (χ4n) is 2.67. The Kier molecular flexibility index (Phi) is 6.44. The van der Waals surface area contributed by atoms with Crippen molar-refractivity contribution in [3.8, 4) is 0 Å². The van der Waals surface area contributed by atoms with E-state index in [0.717, 1.165) is 6.42 Å². The van der Waals surface area contributed by atoms with Gasteiger partial charge in [0.15, 0.2) is 0 Å². The van der Waals surface area contributed by atoms with Crippen molar-refractivity contribution in [3.05, 3.63) is 71.8 Å². The fourth-order valence-corrected chi connectivity index (χ4v) is 2.86. The highest BCUT2D eigenvalue weighted by molar-refractivity contribution is 6.13. The first-order valence-corrected chi connectivity index (χ1v) is 7.76. The third-order valence-corrected chi connectivity index (χ3v) is 4.03. The van der Waals surface area contributed by atoms with Crippen molar-refractivity contribution in [2.75, 3.05) is 6.54 Å². The highest BCUT2D eigenvalue weighted by Gasteiger charge is 2.21. The minimum atomic E-state index is -0.812. The van der Waals surface area contributed by atoms with Crippen LogP contribution in [0.5, 0.6) is 0 Å². The van der Waals surface area contributed by atoms with E-state index in [4.69, 9.17) is 11.8 Å². The van der Waals surface area contributed by atoms with Crippen LogP contribution in [0.4, 0.5) is 0 Å². The number of aliphatic carboxylic acids is 1. The number of carboxylic acid groups (broad SMARTS) is 1. The lowest BCUT2D eigenvalue weighted by Crippen LogP contribution is -2.24. The molecule has 0 saturated heterocycles. The van der Waals surface area contributed by atoms with Crippen molar-refractivity contribution in [2.45, 2.75) is 18.8 Å². The van der Waals surface area contributed by atoms with Gasteiger partial charge in [0.05, 0.1) is 5.92 Å². The molecule has 0 aliphatic carbocycles. The summed E-state index contributed by atoms with van der Waals surface area (Å²) in [6, 6.07) is 20.4. The zero-order chi connectivity index (χ0) is 15.8. The van der Waals surface area contributed by atoms with Crippen LogP contribution in [0.1, 0.15) is 29.9 Å². The normalized spacial score (nSPS) is 12.3. The van der Waals surface area contributed by atoms with Crippen molar-refractivity contribution < 1.29 is 9.90 Å². The Morgan fingerprint density at radius 3 is 1.86 bits per heavy atom. The number of nitrogens with one attached hydrogen (secondary N) is 1. The van der Waals surface area contributed by atoms with Crippen LogP contribution in [-0.4, -0.2) is 17.6 Å². The van der Waals surface area contributed by atoms with Crippen LogP contribution in [0.2, 0.25) is 0 Å². The molecule has 0 heterocycles. The topological polar surface area (TPSA) is 49.3 Å². The van der Waals surface area contributed by atoms with Gasteiger partial charge in [0.2, 0.25) is 0 Å². The van der Waals surface area contributed by atoms with Crippen molar-refractivity contribution in [1.82, 2.24) is 4.84 Å². The van der Waals surface area contributed by atoms with Crippen LogP contribution >= 0.6 is 11.8 Å². The molecule has 1 atom stereocenters. The molecule has 0 amide bonds. The third-order valence-electron chi connectivity index (χ3n) is 3.88. The van der Waals surface area contributed by atoms with Crippen molar-refractivity contribution >= 4 is 17.7 Å². The number of carboxylic acids is 1. The summed E-state index contributed by atoms with van der Waals surface area (Å²) >= 11 is 5.48. The number of hydrogen-bond acceptors (Lipinski definition) is 2. The molecule has 0 aliphatic heterocycles. The molecule has 2 aromatic rings. The summed E-state index contributed by atoms with van der Waals surface area (Å²) < 4.78 is 0. The van der Waals surface area contributed by atoms with Crippen LogP contribution in [0.25, 0.3) is 0 Å². The summed E-state index contributed by atoms with van der Waals surface area (Å²) in [5, 5.41) is 9.26. The predicted molar refractivity (Wildman–Crippen MR) is 88.9 cm³/mol. The summed E-state index contributed by atoms with van der Waals surface area (Å²) in [6.07, 6.45) is 1.34. The lowest BCUT2D eigenvalue weighted by molar-refractivity contribution is -0.141. The summed E-state index contributed by atoms with van der Waals surface area (Å²) in [6.45, 7) is 0.271. The van der Waals surface area contributed by atoms with E-state index in [0.29, 0.717) is 6.42 Å². The molecule has 0 bridgehead atoms. The summed E-state index contributed by atoms with van der Waals surface area (Å²) in [5.74, 6) is -1.10. The molecule has 22 heavy (non-hydrogen) atoms. The lowest BCUT2D eigenvalue weighted by Gasteiger charge is -2.20. The maximum Gasteiger partial charge on any atom is 0.307 e. The van der Waals surface area contributed by atoms with Crippen molar-refractivity contribution in [2.24, 2.45) is 5.92 Å². The second-order valence-electron chi connectivity index (χ2n) is 5.32. The molecule has 0 saturated carbocycles. The molecule has 0 aliphatic rings. The standard InChI is InChI=1S/C18H20ClNO2/c19-20-13-16(18(21)22)11-12-17(14-7-3-1-4-8-14)15-9-5-2-6-10-15/h1-10,16-17,20H,11-13H2,(H,21,22). The molecule has 0 aromatic heterocycles. The number of carbonyl (C=O) groups is 1. The van der Waals surface area contributed by atoms with Gasteiger partial charge >= 0.3 is 5.97 Å². The average Bonchev–Trinajstić information content (AvgIpc) is 2.56. The van der Waals surface area contributed by atoms with Gasteiger partial charge in [0.1, 0.15) is 0 Å². The summed E-state index contributed by atoms with van der Waals surface area (Å²) in [7, 11) is 0. The van der Waals surface area contributed by atoms with Gasteiger partial charge in [-0.2, -0.15) is 0 Å². The molecule has 1 unspecified atom stereocenters. The molecule has 0 radical (unpaired) electrons. The number of rotatable bonds is 8. The molecule has 4 heteroatoms. The Morgan fingerprint density at radius 2 is 1.45 bits per heavy atom. The van der Waals surface area contributed by atoms with E-state index in [2.05, 4.69) is 29.1 Å². The number of hydrogen-bond donors (Lipinski definition) is 2. The quantitative estimate of drug-likeness (QED) is 0.722. The van der Waals surface area contributed by atoms with E-state index in [-0.39, 0.29) is 12.5 Å². The first-order chi connectivity index (χ1) is 10.7. The van der Waals surface area contributed by atoms with E-state index >= 15 is 0 Å². The van der Waals surface area contributed by atoms with Crippen LogP contribution in [0, 0.1) is 5.92 Å². The van der Waals surface area contributed by atoms with Crippen molar-refractivity contribution in [1.29, 1.82) is 0 Å². The average molecular weight is 318 g/mol. The third kappa shape index (κ3) is 4.58. The zero-order valence-corrected chi connectivity index (χ0v) is 13.0. The van der Waals surface area contributed by atoms with Gasteiger partial charge in [-0.25, -0.2) is 4.84 Å². The Hall–Kier alpha value is -1.84. The van der Waals surface area contributed by atoms with Gasteiger partial charge in [0, 0.05) is 12.5 Å². The Bertz CT molecular complexity index is 535. The second-order valence-corrected chi connectivity index (χ2v) is 5.59. The highest BCUT2D eigenvalue weighted by Crippen LogP contribution is 2.30. The van der Waals surface area contributed by atoms with E-state index in [1.54, 1.807) is 0 Å². The molecule has 0 spiro atoms.